The number of imidazole rings is 2. The molecule has 6 nitrogen and oxygen atoms in total. The van der Waals surface area contributed by atoms with Crippen LogP contribution in [0.1, 0.15) is 29.9 Å². The van der Waals surface area contributed by atoms with Gasteiger partial charge in [-0.3, -0.25) is 4.79 Å². The molecule has 24 heavy (non-hydrogen) atoms. The molecular weight excluding hydrogens is 302 g/mol. The number of carbonyl (C=O) groups is 1. The van der Waals surface area contributed by atoms with E-state index in [-0.39, 0.29) is 5.91 Å². The highest BCUT2D eigenvalue weighted by molar-refractivity contribution is 5.94. The van der Waals surface area contributed by atoms with E-state index in [1.54, 1.807) is 25.0 Å². The normalized spacial score (nSPS) is 11.0. The molecular formula is C18H21N5O. The average molecular weight is 323 g/mol. The van der Waals surface area contributed by atoms with Crippen LogP contribution in [0.4, 0.5) is 0 Å². The first-order valence-corrected chi connectivity index (χ1v) is 7.99. The van der Waals surface area contributed by atoms with E-state index in [9.17, 15) is 4.79 Å². The van der Waals surface area contributed by atoms with Gasteiger partial charge in [0.1, 0.15) is 0 Å². The summed E-state index contributed by atoms with van der Waals surface area (Å²) in [5.41, 5.74) is 2.61. The van der Waals surface area contributed by atoms with Gasteiger partial charge in [0.05, 0.1) is 24.9 Å². The van der Waals surface area contributed by atoms with Crippen molar-refractivity contribution < 1.29 is 4.79 Å². The molecule has 0 atom stereocenters. The van der Waals surface area contributed by atoms with Gasteiger partial charge in [-0.2, -0.15) is 0 Å². The SMILES string of the molecule is CC(C)Cn1cncc1CNC(=O)c1ccc(-n2ccnc2)cc1. The summed E-state index contributed by atoms with van der Waals surface area (Å²) in [5.74, 6) is 0.439. The minimum atomic E-state index is -0.0931. The Kier molecular flexibility index (Phi) is 4.74. The Labute approximate surface area is 141 Å². The fourth-order valence-electron chi connectivity index (χ4n) is 2.52. The monoisotopic (exact) mass is 323 g/mol. The van der Waals surface area contributed by atoms with E-state index in [2.05, 4.69) is 33.7 Å². The van der Waals surface area contributed by atoms with Gasteiger partial charge in [-0.15, -0.1) is 0 Å². The van der Waals surface area contributed by atoms with Crippen molar-refractivity contribution in [2.75, 3.05) is 0 Å². The van der Waals surface area contributed by atoms with Gasteiger partial charge in [-0.25, -0.2) is 9.97 Å². The van der Waals surface area contributed by atoms with Crippen molar-refractivity contribution in [2.24, 2.45) is 5.92 Å². The van der Waals surface area contributed by atoms with Crippen LogP contribution in [0.2, 0.25) is 0 Å². The predicted octanol–water partition coefficient (Wildman–Crippen LogP) is 2.65. The van der Waals surface area contributed by atoms with E-state index in [1.807, 2.05) is 35.0 Å². The van der Waals surface area contributed by atoms with E-state index >= 15 is 0 Å². The molecule has 3 rings (SSSR count). The Morgan fingerprint density at radius 1 is 1.17 bits per heavy atom. The minimum Gasteiger partial charge on any atom is -0.346 e. The lowest BCUT2D eigenvalue weighted by Gasteiger charge is -2.11. The molecule has 0 saturated heterocycles. The van der Waals surface area contributed by atoms with Crippen molar-refractivity contribution in [2.45, 2.75) is 26.9 Å². The lowest BCUT2D eigenvalue weighted by molar-refractivity contribution is 0.0950. The predicted molar refractivity (Wildman–Crippen MR) is 91.8 cm³/mol. The highest BCUT2D eigenvalue weighted by Gasteiger charge is 2.08. The van der Waals surface area contributed by atoms with Gasteiger partial charge in [-0.1, -0.05) is 13.8 Å². The Bertz CT molecular complexity index is 787. The number of aromatic nitrogens is 4. The van der Waals surface area contributed by atoms with Crippen LogP contribution in [0.15, 0.2) is 55.5 Å². The molecule has 0 fully saturated rings. The van der Waals surface area contributed by atoms with Crippen molar-refractivity contribution in [3.05, 3.63) is 66.8 Å². The Hall–Kier alpha value is -2.89. The van der Waals surface area contributed by atoms with Crippen LogP contribution >= 0.6 is 0 Å². The smallest absolute Gasteiger partial charge is 0.251 e. The van der Waals surface area contributed by atoms with Crippen LogP contribution in [-0.4, -0.2) is 25.0 Å². The van der Waals surface area contributed by atoms with Crippen LogP contribution in [0.3, 0.4) is 0 Å². The zero-order valence-corrected chi connectivity index (χ0v) is 13.9. The highest BCUT2D eigenvalue weighted by Crippen LogP contribution is 2.10. The van der Waals surface area contributed by atoms with Gasteiger partial charge < -0.3 is 14.5 Å². The summed E-state index contributed by atoms with van der Waals surface area (Å²) in [6.45, 7) is 5.67. The number of rotatable bonds is 6. The number of carbonyl (C=O) groups excluding carboxylic acids is 1. The summed E-state index contributed by atoms with van der Waals surface area (Å²) < 4.78 is 3.97. The first-order chi connectivity index (χ1) is 11.6. The quantitative estimate of drug-likeness (QED) is 0.758. The molecule has 0 saturated carbocycles. The number of benzene rings is 1. The molecule has 6 heteroatoms. The maximum atomic E-state index is 12.3. The molecule has 3 aromatic rings. The Morgan fingerprint density at radius 3 is 2.62 bits per heavy atom. The van der Waals surface area contributed by atoms with Gasteiger partial charge in [-0.05, 0) is 30.2 Å². The van der Waals surface area contributed by atoms with Crippen LogP contribution < -0.4 is 5.32 Å². The van der Waals surface area contributed by atoms with E-state index in [1.165, 1.54) is 0 Å². The standard InChI is InChI=1S/C18H21N5O/c1-14(2)11-23-13-20-9-17(23)10-21-18(24)15-3-5-16(6-4-15)22-8-7-19-12-22/h3-9,12-14H,10-11H2,1-2H3,(H,21,24). The lowest BCUT2D eigenvalue weighted by atomic mass is 10.2. The van der Waals surface area contributed by atoms with Crippen molar-refractivity contribution in [3.8, 4) is 5.69 Å². The molecule has 0 radical (unpaired) electrons. The molecule has 0 spiro atoms. The zero-order chi connectivity index (χ0) is 16.9. The third kappa shape index (κ3) is 3.71. The molecule has 0 aliphatic carbocycles. The van der Waals surface area contributed by atoms with Crippen molar-refractivity contribution >= 4 is 5.91 Å². The minimum absolute atomic E-state index is 0.0931. The average Bonchev–Trinajstić information content (AvgIpc) is 3.24. The van der Waals surface area contributed by atoms with Gasteiger partial charge in [0, 0.05) is 36.4 Å². The second-order valence-corrected chi connectivity index (χ2v) is 6.13. The number of nitrogens with one attached hydrogen (secondary N) is 1. The van der Waals surface area contributed by atoms with Crippen LogP contribution in [-0.2, 0) is 13.1 Å². The Balaban J connectivity index is 1.62. The van der Waals surface area contributed by atoms with Crippen molar-refractivity contribution in [1.82, 2.24) is 24.4 Å². The van der Waals surface area contributed by atoms with Gasteiger partial charge in [0.25, 0.3) is 5.91 Å². The molecule has 2 aromatic heterocycles. The fraction of sp³-hybridized carbons (Fsp3) is 0.278. The topological polar surface area (TPSA) is 64.7 Å². The Morgan fingerprint density at radius 2 is 1.96 bits per heavy atom. The van der Waals surface area contributed by atoms with Crippen molar-refractivity contribution in [3.63, 3.8) is 0 Å². The molecule has 2 heterocycles. The zero-order valence-electron chi connectivity index (χ0n) is 13.9. The lowest BCUT2D eigenvalue weighted by Crippen LogP contribution is -2.24. The number of hydrogen-bond donors (Lipinski definition) is 1. The largest absolute Gasteiger partial charge is 0.346 e. The molecule has 1 amide bonds. The summed E-state index contributed by atoms with van der Waals surface area (Å²) in [4.78, 5) is 20.5. The summed E-state index contributed by atoms with van der Waals surface area (Å²) in [6.07, 6.45) is 8.92. The van der Waals surface area contributed by atoms with Gasteiger partial charge in [0.2, 0.25) is 0 Å². The van der Waals surface area contributed by atoms with E-state index in [0.29, 0.717) is 18.0 Å². The summed E-state index contributed by atoms with van der Waals surface area (Å²) >= 11 is 0. The molecule has 0 aliphatic heterocycles. The molecule has 0 bridgehead atoms. The summed E-state index contributed by atoms with van der Waals surface area (Å²) in [7, 11) is 0. The second-order valence-electron chi connectivity index (χ2n) is 6.13. The molecule has 0 aliphatic rings. The highest BCUT2D eigenvalue weighted by atomic mass is 16.1. The van der Waals surface area contributed by atoms with Crippen LogP contribution in [0, 0.1) is 5.92 Å². The fourth-order valence-corrected chi connectivity index (χ4v) is 2.52. The second kappa shape index (κ2) is 7.12. The molecule has 1 aromatic carbocycles. The first-order valence-electron chi connectivity index (χ1n) is 7.99. The van der Waals surface area contributed by atoms with Gasteiger partial charge >= 0.3 is 0 Å². The molecule has 0 unspecified atom stereocenters. The molecule has 1 N–H and O–H groups in total. The van der Waals surface area contributed by atoms with E-state index in [0.717, 1.165) is 17.9 Å². The maximum absolute atomic E-state index is 12.3. The summed E-state index contributed by atoms with van der Waals surface area (Å²) in [5, 5.41) is 2.95. The molecule has 124 valence electrons. The van der Waals surface area contributed by atoms with Crippen molar-refractivity contribution in [1.29, 1.82) is 0 Å². The van der Waals surface area contributed by atoms with E-state index in [4.69, 9.17) is 0 Å². The van der Waals surface area contributed by atoms with E-state index < -0.39 is 0 Å². The third-order valence-electron chi connectivity index (χ3n) is 3.72. The van der Waals surface area contributed by atoms with Crippen LogP contribution in [0.5, 0.6) is 0 Å². The first kappa shape index (κ1) is 16.0. The number of amides is 1. The summed E-state index contributed by atoms with van der Waals surface area (Å²) in [6, 6.07) is 7.44. The third-order valence-corrected chi connectivity index (χ3v) is 3.72. The van der Waals surface area contributed by atoms with Crippen LogP contribution in [0.25, 0.3) is 5.69 Å². The maximum Gasteiger partial charge on any atom is 0.251 e. The number of hydrogen-bond acceptors (Lipinski definition) is 3. The van der Waals surface area contributed by atoms with Gasteiger partial charge in [0.15, 0.2) is 0 Å². The number of nitrogens with zero attached hydrogens (tertiary/aromatic N) is 4.